The molecule has 9 heteroatoms. The van der Waals surface area contributed by atoms with Crippen molar-refractivity contribution < 1.29 is 9.53 Å². The van der Waals surface area contributed by atoms with E-state index in [1.54, 1.807) is 41.3 Å². The highest BCUT2D eigenvalue weighted by atomic mass is 35.5. The Morgan fingerprint density at radius 1 is 1.10 bits per heavy atom. The number of rotatable bonds is 4. The fourth-order valence-electron chi connectivity index (χ4n) is 3.53. The predicted molar refractivity (Wildman–Crippen MR) is 119 cm³/mol. The quantitative estimate of drug-likeness (QED) is 0.529. The first-order valence-electron chi connectivity index (χ1n) is 9.88. The molecule has 1 aliphatic rings. The van der Waals surface area contributed by atoms with Crippen molar-refractivity contribution >= 4 is 34.7 Å². The average molecular weight is 435 g/mol. The van der Waals surface area contributed by atoms with Gasteiger partial charge in [-0.25, -0.2) is 14.5 Å². The second-order valence-electron chi connectivity index (χ2n) is 7.08. The lowest BCUT2D eigenvalue weighted by Gasteiger charge is -2.28. The van der Waals surface area contributed by atoms with E-state index in [0.717, 1.165) is 24.5 Å². The molecule has 4 heterocycles. The lowest BCUT2D eigenvalue weighted by Crippen LogP contribution is -2.36. The molecule has 1 aliphatic heterocycles. The van der Waals surface area contributed by atoms with Crippen LogP contribution in [0, 0.1) is 0 Å². The van der Waals surface area contributed by atoms with Crippen LogP contribution in [0.3, 0.4) is 0 Å². The summed E-state index contributed by atoms with van der Waals surface area (Å²) in [5.74, 6) is 0.533. The number of imidazole rings is 1. The van der Waals surface area contributed by atoms with Gasteiger partial charge in [0.05, 0.1) is 35.7 Å². The molecule has 0 aliphatic carbocycles. The standard InChI is InChI=1S/C22H19ClN6O2/c23-18-4-2-1-3-16(18)19-14-29-21(27-19)17(6-8-25-29)22(30)26-15-5-7-24-20(13-15)28-9-11-31-12-10-28/h1-8,13-14H,9-12H2,(H,24,26,30). The number of morpholine rings is 1. The molecule has 1 amide bonds. The van der Waals surface area contributed by atoms with E-state index in [1.165, 1.54) is 0 Å². The number of aromatic nitrogens is 4. The van der Waals surface area contributed by atoms with Gasteiger partial charge in [0.25, 0.3) is 5.91 Å². The SMILES string of the molecule is O=C(Nc1ccnc(N2CCOCC2)c1)c1ccnn2cc(-c3ccccc3Cl)nc12. The molecule has 3 aromatic heterocycles. The predicted octanol–water partition coefficient (Wildman–Crippen LogP) is 3.53. The third kappa shape index (κ3) is 3.95. The first-order valence-corrected chi connectivity index (χ1v) is 10.3. The third-order valence-corrected chi connectivity index (χ3v) is 5.42. The number of halogens is 1. The third-order valence-electron chi connectivity index (χ3n) is 5.09. The van der Waals surface area contributed by atoms with Crippen molar-refractivity contribution in [3.8, 4) is 11.3 Å². The Kier molecular flexibility index (Phi) is 5.23. The van der Waals surface area contributed by atoms with E-state index in [4.69, 9.17) is 16.3 Å². The lowest BCUT2D eigenvalue weighted by atomic mass is 10.2. The number of fused-ring (bicyclic) bond motifs is 1. The van der Waals surface area contributed by atoms with Gasteiger partial charge in [-0.2, -0.15) is 5.10 Å². The molecule has 0 radical (unpaired) electrons. The van der Waals surface area contributed by atoms with Gasteiger partial charge in [-0.1, -0.05) is 29.8 Å². The van der Waals surface area contributed by atoms with E-state index in [1.807, 2.05) is 24.3 Å². The van der Waals surface area contributed by atoms with E-state index >= 15 is 0 Å². The first kappa shape index (κ1) is 19.5. The van der Waals surface area contributed by atoms with Gasteiger partial charge in [0, 0.05) is 42.8 Å². The number of pyridine rings is 1. The molecule has 1 saturated heterocycles. The number of hydrogen-bond acceptors (Lipinski definition) is 6. The fourth-order valence-corrected chi connectivity index (χ4v) is 3.77. The number of carbonyl (C=O) groups excluding carboxylic acids is 1. The summed E-state index contributed by atoms with van der Waals surface area (Å²) in [4.78, 5) is 24.2. The Morgan fingerprint density at radius 3 is 2.77 bits per heavy atom. The Hall–Kier alpha value is -3.49. The summed E-state index contributed by atoms with van der Waals surface area (Å²) in [7, 11) is 0. The molecule has 0 saturated carbocycles. The zero-order valence-corrected chi connectivity index (χ0v) is 17.3. The van der Waals surface area contributed by atoms with E-state index < -0.39 is 0 Å². The van der Waals surface area contributed by atoms with E-state index in [0.29, 0.717) is 40.8 Å². The molecule has 1 fully saturated rings. The summed E-state index contributed by atoms with van der Waals surface area (Å²) in [6, 6.07) is 12.7. The van der Waals surface area contributed by atoms with Crippen LogP contribution >= 0.6 is 11.6 Å². The molecule has 156 valence electrons. The smallest absolute Gasteiger partial charge is 0.259 e. The number of anilines is 2. The maximum Gasteiger partial charge on any atom is 0.259 e. The Balaban J connectivity index is 1.43. The van der Waals surface area contributed by atoms with Crippen LogP contribution in [-0.4, -0.2) is 51.8 Å². The summed E-state index contributed by atoms with van der Waals surface area (Å²) in [6.07, 6.45) is 5.02. The molecule has 31 heavy (non-hydrogen) atoms. The van der Waals surface area contributed by atoms with Crippen LogP contribution in [0.2, 0.25) is 5.02 Å². The summed E-state index contributed by atoms with van der Waals surface area (Å²) in [5.41, 5.74) is 2.96. The average Bonchev–Trinajstić information content (AvgIpc) is 3.24. The summed E-state index contributed by atoms with van der Waals surface area (Å²) in [6.45, 7) is 2.88. The van der Waals surface area contributed by atoms with Gasteiger partial charge in [-0.3, -0.25) is 4.79 Å². The number of ether oxygens (including phenoxy) is 1. The molecule has 5 rings (SSSR count). The zero-order valence-electron chi connectivity index (χ0n) is 16.5. The first-order chi connectivity index (χ1) is 15.2. The minimum atomic E-state index is -0.275. The van der Waals surface area contributed by atoms with Gasteiger partial charge in [0.1, 0.15) is 5.82 Å². The molecule has 4 aromatic rings. The van der Waals surface area contributed by atoms with Crippen molar-refractivity contribution in [1.82, 2.24) is 19.6 Å². The van der Waals surface area contributed by atoms with Gasteiger partial charge in [-0.05, 0) is 18.2 Å². The van der Waals surface area contributed by atoms with E-state index in [-0.39, 0.29) is 5.91 Å². The summed E-state index contributed by atoms with van der Waals surface area (Å²) >= 11 is 6.31. The van der Waals surface area contributed by atoms with Crippen molar-refractivity contribution in [2.75, 3.05) is 36.5 Å². The molecular formula is C22H19ClN6O2. The Morgan fingerprint density at radius 2 is 1.94 bits per heavy atom. The minimum absolute atomic E-state index is 0.275. The molecule has 0 unspecified atom stereocenters. The van der Waals surface area contributed by atoms with Crippen LogP contribution in [-0.2, 0) is 4.74 Å². The molecule has 1 aromatic carbocycles. The molecule has 0 atom stereocenters. The number of nitrogens with zero attached hydrogens (tertiary/aromatic N) is 5. The topological polar surface area (TPSA) is 84.7 Å². The largest absolute Gasteiger partial charge is 0.378 e. The Bertz CT molecular complexity index is 1250. The fraction of sp³-hybridized carbons (Fsp3) is 0.182. The monoisotopic (exact) mass is 434 g/mol. The van der Waals surface area contributed by atoms with Crippen molar-refractivity contribution in [3.63, 3.8) is 0 Å². The zero-order chi connectivity index (χ0) is 21.2. The second kappa shape index (κ2) is 8.33. The van der Waals surface area contributed by atoms with E-state index in [2.05, 4.69) is 25.3 Å². The number of nitrogens with one attached hydrogen (secondary N) is 1. The highest BCUT2D eigenvalue weighted by Gasteiger charge is 2.17. The molecule has 0 spiro atoms. The van der Waals surface area contributed by atoms with Gasteiger partial charge in [0.15, 0.2) is 5.65 Å². The lowest BCUT2D eigenvalue weighted by molar-refractivity contribution is 0.102. The number of amides is 1. The highest BCUT2D eigenvalue weighted by Crippen LogP contribution is 2.27. The van der Waals surface area contributed by atoms with Crippen LogP contribution in [0.4, 0.5) is 11.5 Å². The molecule has 1 N–H and O–H groups in total. The highest BCUT2D eigenvalue weighted by molar-refractivity contribution is 6.33. The van der Waals surface area contributed by atoms with Crippen molar-refractivity contribution in [2.24, 2.45) is 0 Å². The summed E-state index contributed by atoms with van der Waals surface area (Å²) < 4.78 is 6.98. The minimum Gasteiger partial charge on any atom is -0.378 e. The van der Waals surface area contributed by atoms with Gasteiger partial charge < -0.3 is 15.0 Å². The maximum atomic E-state index is 13.1. The van der Waals surface area contributed by atoms with Crippen molar-refractivity contribution in [3.05, 3.63) is 71.6 Å². The van der Waals surface area contributed by atoms with Crippen LogP contribution in [0.1, 0.15) is 10.4 Å². The summed E-state index contributed by atoms with van der Waals surface area (Å²) in [5, 5.41) is 7.82. The second-order valence-corrected chi connectivity index (χ2v) is 7.48. The van der Waals surface area contributed by atoms with Gasteiger partial charge >= 0.3 is 0 Å². The van der Waals surface area contributed by atoms with Crippen molar-refractivity contribution in [1.29, 1.82) is 0 Å². The number of hydrogen-bond donors (Lipinski definition) is 1. The van der Waals surface area contributed by atoms with Gasteiger partial charge in [0.2, 0.25) is 0 Å². The van der Waals surface area contributed by atoms with Crippen LogP contribution < -0.4 is 10.2 Å². The molecule has 0 bridgehead atoms. The molecule has 8 nitrogen and oxygen atoms in total. The number of benzene rings is 1. The van der Waals surface area contributed by atoms with Gasteiger partial charge in [-0.15, -0.1) is 0 Å². The Labute approximate surface area is 183 Å². The maximum absolute atomic E-state index is 13.1. The van der Waals surface area contributed by atoms with Crippen LogP contribution in [0.5, 0.6) is 0 Å². The molecular weight excluding hydrogens is 416 g/mol. The van der Waals surface area contributed by atoms with Crippen LogP contribution in [0.15, 0.2) is 61.1 Å². The van der Waals surface area contributed by atoms with E-state index in [9.17, 15) is 4.79 Å². The normalized spacial score (nSPS) is 14.0. The van der Waals surface area contributed by atoms with Crippen molar-refractivity contribution in [2.45, 2.75) is 0 Å². The van der Waals surface area contributed by atoms with Crippen LogP contribution in [0.25, 0.3) is 16.9 Å². The number of carbonyl (C=O) groups is 1.